The van der Waals surface area contributed by atoms with Crippen LogP contribution < -0.4 is 0 Å². The Labute approximate surface area is 71.9 Å². The average molecular weight is 159 g/mol. The van der Waals surface area contributed by atoms with Crippen LogP contribution in [-0.2, 0) is 0 Å². The van der Waals surface area contributed by atoms with Gasteiger partial charge >= 0.3 is 19.3 Å². The van der Waals surface area contributed by atoms with E-state index in [1.54, 1.807) is 0 Å². The molecule has 0 aromatic carbocycles. The first-order valence-corrected chi connectivity index (χ1v) is 6.76. The summed E-state index contributed by atoms with van der Waals surface area (Å²) < 4.78 is 1.30. The van der Waals surface area contributed by atoms with Gasteiger partial charge in [0.05, 0.1) is 0 Å². The van der Waals surface area contributed by atoms with Crippen molar-refractivity contribution in [2.24, 2.45) is 5.41 Å². The predicted molar refractivity (Wildman–Crippen MR) is 45.1 cm³/mol. The molecule has 0 rings (SSSR count). The zero-order valence-corrected chi connectivity index (χ0v) is 8.88. The van der Waals surface area contributed by atoms with Crippen molar-refractivity contribution in [3.8, 4) is 0 Å². The summed E-state index contributed by atoms with van der Waals surface area (Å²) in [5.74, 6) is 0. The average Bonchev–Trinajstić information content (AvgIpc) is 1.63. The lowest BCUT2D eigenvalue weighted by molar-refractivity contribution is 0.373. The van der Waals surface area contributed by atoms with Gasteiger partial charge in [0.2, 0.25) is 0 Å². The van der Waals surface area contributed by atoms with Crippen LogP contribution in [0.4, 0.5) is 0 Å². The van der Waals surface area contributed by atoms with Gasteiger partial charge in [0.1, 0.15) is 0 Å². The minimum atomic E-state index is -0.183. The monoisotopic (exact) mass is 158 g/mol. The summed E-state index contributed by atoms with van der Waals surface area (Å²) in [4.78, 5) is 0. The van der Waals surface area contributed by atoms with E-state index in [2.05, 4.69) is 20.8 Å². The van der Waals surface area contributed by atoms with E-state index < -0.39 is 0 Å². The molecule has 0 aromatic rings. The fraction of sp³-hybridized carbons (Fsp3) is 1.00. The molecule has 52 valence electrons. The maximum absolute atomic E-state index is 5.67. The molecule has 0 saturated heterocycles. The molecule has 0 unspecified atom stereocenters. The molecule has 0 aliphatic rings. The fourth-order valence-electron chi connectivity index (χ4n) is 0.750. The number of hydrogen-bond donors (Lipinski definition) is 0. The van der Waals surface area contributed by atoms with Crippen LogP contribution in [0.1, 0.15) is 33.6 Å². The zero-order chi connectivity index (χ0) is 7.33. The second-order valence-corrected chi connectivity index (χ2v) is 5.93. The molecule has 0 saturated carbocycles. The lowest BCUT2D eigenvalue weighted by Gasteiger charge is -2.16. The van der Waals surface area contributed by atoms with E-state index in [0.29, 0.717) is 5.41 Å². The minimum absolute atomic E-state index is 0.183. The Balaban J connectivity index is 3.07. The maximum Gasteiger partial charge on any atom is 0.501 e. The molecule has 0 radical (unpaired) electrons. The van der Waals surface area contributed by atoms with E-state index in [1.807, 2.05) is 0 Å². The second-order valence-electron chi connectivity index (χ2n) is 3.71. The molecule has 0 amide bonds. The summed E-state index contributed by atoms with van der Waals surface area (Å²) in [5, 5.41) is 0. The third-order valence-corrected chi connectivity index (χ3v) is 2.88. The Kier molecular flexibility index (Phi) is 5.37. The molecule has 0 spiro atoms. The SMILES string of the molecule is CC(C)(C)CC[CH2][Mg][Cl]. The summed E-state index contributed by atoms with van der Waals surface area (Å²) in [6.45, 7) is 6.84. The van der Waals surface area contributed by atoms with Gasteiger partial charge in [-0.15, -0.1) is 4.55 Å². The third-order valence-electron chi connectivity index (χ3n) is 1.31. The van der Waals surface area contributed by atoms with Gasteiger partial charge in [-0.25, -0.2) is 0 Å². The smallest absolute Gasteiger partial charge is 0.346 e. The normalized spacial score (nSPS) is 11.1. The molecule has 2 heteroatoms. The lowest BCUT2D eigenvalue weighted by atomic mass is 9.91. The maximum atomic E-state index is 5.67. The van der Waals surface area contributed by atoms with Crippen molar-refractivity contribution in [3.05, 3.63) is 0 Å². The van der Waals surface area contributed by atoms with Gasteiger partial charge < -0.3 is 9.07 Å². The first-order chi connectivity index (χ1) is 4.06. The largest absolute Gasteiger partial charge is 0.501 e. The Morgan fingerprint density at radius 3 is 2.22 bits per heavy atom. The minimum Gasteiger partial charge on any atom is -0.346 e. The molecule has 0 nitrogen and oxygen atoms in total. The molecular formula is C7H15ClMg. The first kappa shape index (κ1) is 10.1. The first-order valence-electron chi connectivity index (χ1n) is 3.62. The van der Waals surface area contributed by atoms with Crippen LogP contribution in [0.2, 0.25) is 4.55 Å². The van der Waals surface area contributed by atoms with Crippen molar-refractivity contribution >= 4 is 28.3 Å². The highest BCUT2D eigenvalue weighted by Crippen LogP contribution is 2.21. The van der Waals surface area contributed by atoms with Crippen molar-refractivity contribution in [2.45, 2.75) is 38.2 Å². The van der Waals surface area contributed by atoms with E-state index in [1.165, 1.54) is 17.4 Å². The van der Waals surface area contributed by atoms with Crippen LogP contribution in [0.5, 0.6) is 0 Å². The van der Waals surface area contributed by atoms with Gasteiger partial charge in [0.15, 0.2) is 0 Å². The van der Waals surface area contributed by atoms with Gasteiger partial charge in [-0.05, 0) is 5.41 Å². The van der Waals surface area contributed by atoms with Gasteiger partial charge in [0.25, 0.3) is 0 Å². The quantitative estimate of drug-likeness (QED) is 0.438. The summed E-state index contributed by atoms with van der Waals surface area (Å²) in [6, 6.07) is 0. The Bertz CT molecular complexity index is 65.8. The van der Waals surface area contributed by atoms with E-state index >= 15 is 0 Å². The molecule has 0 fully saturated rings. The predicted octanol–water partition coefficient (Wildman–Crippen LogP) is 3.09. The summed E-state index contributed by atoms with van der Waals surface area (Å²) in [6.07, 6.45) is 2.66. The Hall–Kier alpha value is 1.06. The highest BCUT2D eigenvalue weighted by molar-refractivity contribution is 6.93. The summed E-state index contributed by atoms with van der Waals surface area (Å²) in [5.41, 5.74) is 0.514. The topological polar surface area (TPSA) is 0 Å². The van der Waals surface area contributed by atoms with Crippen LogP contribution >= 0.6 is 9.07 Å². The van der Waals surface area contributed by atoms with Crippen molar-refractivity contribution in [3.63, 3.8) is 0 Å². The zero-order valence-electron chi connectivity index (χ0n) is 6.71. The van der Waals surface area contributed by atoms with E-state index in [0.717, 1.165) is 0 Å². The van der Waals surface area contributed by atoms with E-state index in [-0.39, 0.29) is 19.3 Å². The van der Waals surface area contributed by atoms with Crippen LogP contribution in [0.3, 0.4) is 0 Å². The van der Waals surface area contributed by atoms with Gasteiger partial charge in [-0.1, -0.05) is 33.6 Å². The Morgan fingerprint density at radius 1 is 1.33 bits per heavy atom. The highest BCUT2D eigenvalue weighted by Gasteiger charge is 2.08. The van der Waals surface area contributed by atoms with Crippen molar-refractivity contribution in [2.75, 3.05) is 0 Å². The highest BCUT2D eigenvalue weighted by atomic mass is 35.5. The van der Waals surface area contributed by atoms with Crippen LogP contribution in [0.15, 0.2) is 0 Å². The van der Waals surface area contributed by atoms with Crippen LogP contribution in [0, 0.1) is 5.41 Å². The molecule has 0 aliphatic heterocycles. The number of halogens is 1. The van der Waals surface area contributed by atoms with Gasteiger partial charge in [-0.3, -0.25) is 0 Å². The second kappa shape index (κ2) is 4.81. The molecular weight excluding hydrogens is 144 g/mol. The Morgan fingerprint density at radius 2 is 1.89 bits per heavy atom. The van der Waals surface area contributed by atoms with Crippen molar-refractivity contribution < 1.29 is 0 Å². The fourth-order valence-corrected chi connectivity index (χ4v) is 1.76. The van der Waals surface area contributed by atoms with E-state index in [9.17, 15) is 0 Å². The number of hydrogen-bond acceptors (Lipinski definition) is 0. The number of rotatable bonds is 3. The lowest BCUT2D eigenvalue weighted by Crippen LogP contribution is -2.03. The standard InChI is InChI=1S/C7H15.ClH.Mg/c1-5-6-7(2,3)4;;/h1,5-6H2,2-4H3;1H;/q;;+1/p-1. The molecule has 9 heavy (non-hydrogen) atoms. The van der Waals surface area contributed by atoms with E-state index in [4.69, 9.17) is 9.07 Å². The third kappa shape index (κ3) is 9.06. The molecule has 0 atom stereocenters. The molecule has 0 heterocycles. The van der Waals surface area contributed by atoms with Gasteiger partial charge in [-0.2, -0.15) is 0 Å². The van der Waals surface area contributed by atoms with Crippen LogP contribution in [0.25, 0.3) is 0 Å². The molecule has 0 aromatic heterocycles. The summed E-state index contributed by atoms with van der Waals surface area (Å²) >= 11 is -0.183. The van der Waals surface area contributed by atoms with Crippen LogP contribution in [-0.4, -0.2) is 19.3 Å². The van der Waals surface area contributed by atoms with Crippen molar-refractivity contribution in [1.82, 2.24) is 0 Å². The van der Waals surface area contributed by atoms with Gasteiger partial charge in [0, 0.05) is 0 Å². The summed E-state index contributed by atoms with van der Waals surface area (Å²) in [7, 11) is 5.67. The van der Waals surface area contributed by atoms with Crippen molar-refractivity contribution in [1.29, 1.82) is 0 Å². The molecule has 0 N–H and O–H groups in total. The molecule has 0 bridgehead atoms. The molecule has 0 aliphatic carbocycles.